The Balaban J connectivity index is 1.80. The molecule has 0 saturated carbocycles. The van der Waals surface area contributed by atoms with Crippen LogP contribution in [0.15, 0.2) is 36.5 Å². The van der Waals surface area contributed by atoms with Gasteiger partial charge in [-0.25, -0.2) is 0 Å². The van der Waals surface area contributed by atoms with E-state index in [1.54, 1.807) is 0 Å². The fraction of sp³-hybridized carbons (Fsp3) is 0.609. The minimum Gasteiger partial charge on any atom is -0.493 e. The first-order chi connectivity index (χ1) is 12.8. The number of para-hydroxylation sites is 1. The number of benzene rings is 1. The predicted molar refractivity (Wildman–Crippen MR) is 112 cm³/mol. The summed E-state index contributed by atoms with van der Waals surface area (Å²) in [6.45, 7) is 16.0. The van der Waals surface area contributed by atoms with Crippen LogP contribution >= 0.6 is 0 Å². The summed E-state index contributed by atoms with van der Waals surface area (Å²) < 4.78 is 6.19. The standard InChI is InChI=1S/C23H36N2O2/c1-6-7-14-24-22(26)18(2)25-15-12-19(13-16-25)17-27-21-11-9-8-10-20(21)23(3,4)5/h8-11,19H,2,6-7,12-17H2,1,3-5H3,(H,24,26). The largest absolute Gasteiger partial charge is 0.493 e. The summed E-state index contributed by atoms with van der Waals surface area (Å²) >= 11 is 0. The molecule has 27 heavy (non-hydrogen) atoms. The average molecular weight is 373 g/mol. The van der Waals surface area contributed by atoms with Crippen LogP contribution in [-0.2, 0) is 10.2 Å². The molecule has 1 aliphatic heterocycles. The van der Waals surface area contributed by atoms with Crippen molar-refractivity contribution in [2.24, 2.45) is 5.92 Å². The van der Waals surface area contributed by atoms with Gasteiger partial charge < -0.3 is 15.0 Å². The lowest BCUT2D eigenvalue weighted by molar-refractivity contribution is -0.119. The van der Waals surface area contributed by atoms with Crippen molar-refractivity contribution in [1.29, 1.82) is 0 Å². The van der Waals surface area contributed by atoms with Gasteiger partial charge in [0.15, 0.2) is 0 Å². The second-order valence-corrected chi connectivity index (χ2v) is 8.54. The smallest absolute Gasteiger partial charge is 0.266 e. The number of hydrogen-bond donors (Lipinski definition) is 1. The van der Waals surface area contributed by atoms with Crippen LogP contribution in [0.5, 0.6) is 5.75 Å². The van der Waals surface area contributed by atoms with E-state index >= 15 is 0 Å². The SMILES string of the molecule is C=C(C(=O)NCCCC)N1CCC(COc2ccccc2C(C)(C)C)CC1. The molecule has 0 spiro atoms. The fourth-order valence-electron chi connectivity index (χ4n) is 3.41. The van der Waals surface area contributed by atoms with Crippen molar-refractivity contribution < 1.29 is 9.53 Å². The van der Waals surface area contributed by atoms with Gasteiger partial charge in [-0.05, 0) is 42.2 Å². The third-order valence-electron chi connectivity index (χ3n) is 5.24. The van der Waals surface area contributed by atoms with Gasteiger partial charge in [0.05, 0.1) is 12.3 Å². The molecule has 0 radical (unpaired) electrons. The lowest BCUT2D eigenvalue weighted by Crippen LogP contribution is -2.40. The maximum Gasteiger partial charge on any atom is 0.266 e. The molecule has 1 aromatic carbocycles. The number of nitrogens with one attached hydrogen (secondary N) is 1. The normalized spacial score (nSPS) is 15.5. The Morgan fingerprint density at radius 2 is 1.93 bits per heavy atom. The number of unbranched alkanes of at least 4 members (excludes halogenated alkanes) is 1. The molecule has 4 heteroatoms. The first kappa shape index (κ1) is 21.3. The average Bonchev–Trinajstić information content (AvgIpc) is 2.66. The number of likely N-dealkylation sites (tertiary alicyclic amines) is 1. The van der Waals surface area contributed by atoms with Crippen molar-refractivity contribution in [3.05, 3.63) is 42.1 Å². The van der Waals surface area contributed by atoms with E-state index in [0.717, 1.165) is 57.7 Å². The van der Waals surface area contributed by atoms with Crippen molar-refractivity contribution in [2.75, 3.05) is 26.2 Å². The molecular formula is C23H36N2O2. The van der Waals surface area contributed by atoms with Crippen molar-refractivity contribution in [3.63, 3.8) is 0 Å². The second-order valence-electron chi connectivity index (χ2n) is 8.54. The van der Waals surface area contributed by atoms with Crippen molar-refractivity contribution >= 4 is 5.91 Å². The first-order valence-corrected chi connectivity index (χ1v) is 10.3. The molecule has 2 rings (SSSR count). The second kappa shape index (κ2) is 9.82. The summed E-state index contributed by atoms with van der Waals surface area (Å²) in [5.74, 6) is 1.48. The highest BCUT2D eigenvalue weighted by Gasteiger charge is 2.24. The number of hydrogen-bond acceptors (Lipinski definition) is 3. The van der Waals surface area contributed by atoms with Crippen LogP contribution in [-0.4, -0.2) is 37.0 Å². The molecule has 0 bridgehead atoms. The van der Waals surface area contributed by atoms with Crippen LogP contribution < -0.4 is 10.1 Å². The number of nitrogens with zero attached hydrogens (tertiary/aromatic N) is 1. The van der Waals surface area contributed by atoms with Gasteiger partial charge in [-0.1, -0.05) is 58.9 Å². The molecule has 1 aliphatic rings. The fourth-order valence-corrected chi connectivity index (χ4v) is 3.41. The Labute approximate surface area is 165 Å². The van der Waals surface area contributed by atoms with E-state index in [4.69, 9.17) is 4.74 Å². The zero-order valence-electron chi connectivity index (χ0n) is 17.5. The van der Waals surface area contributed by atoms with Gasteiger partial charge in [0.2, 0.25) is 0 Å². The number of carbonyl (C=O) groups is 1. The van der Waals surface area contributed by atoms with E-state index in [2.05, 4.69) is 62.7 Å². The minimum absolute atomic E-state index is 0.0303. The van der Waals surface area contributed by atoms with Gasteiger partial charge >= 0.3 is 0 Å². The van der Waals surface area contributed by atoms with Crippen LogP contribution in [0, 0.1) is 5.92 Å². The third-order valence-corrected chi connectivity index (χ3v) is 5.24. The zero-order chi connectivity index (χ0) is 19.9. The summed E-state index contributed by atoms with van der Waals surface area (Å²) in [6.07, 6.45) is 4.14. The number of ether oxygens (including phenoxy) is 1. The summed E-state index contributed by atoms with van der Waals surface area (Å²) in [5, 5.41) is 2.95. The molecule has 0 aromatic heterocycles. The summed E-state index contributed by atoms with van der Waals surface area (Å²) in [7, 11) is 0. The van der Waals surface area contributed by atoms with Crippen LogP contribution in [0.4, 0.5) is 0 Å². The number of carbonyl (C=O) groups excluding carboxylic acids is 1. The highest BCUT2D eigenvalue weighted by molar-refractivity contribution is 5.92. The topological polar surface area (TPSA) is 41.6 Å². The maximum atomic E-state index is 12.2. The number of amides is 1. The molecule has 1 saturated heterocycles. The van der Waals surface area contributed by atoms with Gasteiger partial charge in [-0.3, -0.25) is 4.79 Å². The van der Waals surface area contributed by atoms with Crippen LogP contribution in [0.1, 0.15) is 58.9 Å². The molecule has 0 aliphatic carbocycles. The summed E-state index contributed by atoms with van der Waals surface area (Å²) in [4.78, 5) is 14.3. The van der Waals surface area contributed by atoms with Gasteiger partial charge in [0.25, 0.3) is 5.91 Å². The molecule has 1 amide bonds. The van der Waals surface area contributed by atoms with E-state index in [9.17, 15) is 4.79 Å². The van der Waals surface area contributed by atoms with E-state index in [0.29, 0.717) is 11.6 Å². The Morgan fingerprint density at radius 3 is 2.56 bits per heavy atom. The van der Waals surface area contributed by atoms with E-state index in [-0.39, 0.29) is 11.3 Å². The van der Waals surface area contributed by atoms with E-state index in [1.165, 1.54) is 5.56 Å². The maximum absolute atomic E-state index is 12.2. The minimum atomic E-state index is -0.0303. The highest BCUT2D eigenvalue weighted by atomic mass is 16.5. The number of rotatable bonds is 8. The van der Waals surface area contributed by atoms with Crippen LogP contribution in [0.3, 0.4) is 0 Å². The van der Waals surface area contributed by atoms with E-state index in [1.807, 2.05) is 6.07 Å². The van der Waals surface area contributed by atoms with Crippen molar-refractivity contribution in [1.82, 2.24) is 10.2 Å². The van der Waals surface area contributed by atoms with Gasteiger partial charge in [0.1, 0.15) is 5.75 Å². The summed E-state index contributed by atoms with van der Waals surface area (Å²) in [6, 6.07) is 8.33. The van der Waals surface area contributed by atoms with Gasteiger partial charge in [-0.2, -0.15) is 0 Å². The first-order valence-electron chi connectivity index (χ1n) is 10.3. The Morgan fingerprint density at radius 1 is 1.26 bits per heavy atom. The van der Waals surface area contributed by atoms with Crippen molar-refractivity contribution in [2.45, 2.75) is 58.8 Å². The van der Waals surface area contributed by atoms with E-state index < -0.39 is 0 Å². The van der Waals surface area contributed by atoms with Crippen LogP contribution in [0.2, 0.25) is 0 Å². The molecule has 1 N–H and O–H groups in total. The molecular weight excluding hydrogens is 336 g/mol. The van der Waals surface area contributed by atoms with Gasteiger partial charge in [0, 0.05) is 19.6 Å². The predicted octanol–water partition coefficient (Wildman–Crippen LogP) is 4.50. The Hall–Kier alpha value is -1.97. The molecule has 4 nitrogen and oxygen atoms in total. The molecule has 150 valence electrons. The highest BCUT2D eigenvalue weighted by Crippen LogP contribution is 2.31. The molecule has 0 atom stereocenters. The van der Waals surface area contributed by atoms with Crippen LogP contribution in [0.25, 0.3) is 0 Å². The third kappa shape index (κ3) is 6.30. The molecule has 1 aromatic rings. The Bertz CT molecular complexity index is 626. The Kier molecular flexibility index (Phi) is 7.76. The number of piperidine rings is 1. The zero-order valence-corrected chi connectivity index (χ0v) is 17.5. The molecule has 1 fully saturated rings. The summed E-state index contributed by atoms with van der Waals surface area (Å²) in [5.41, 5.74) is 1.92. The van der Waals surface area contributed by atoms with Gasteiger partial charge in [-0.15, -0.1) is 0 Å². The lowest BCUT2D eigenvalue weighted by Gasteiger charge is -2.34. The molecule has 0 unspecified atom stereocenters. The quantitative estimate of drug-likeness (QED) is 0.539. The van der Waals surface area contributed by atoms with Crippen molar-refractivity contribution in [3.8, 4) is 5.75 Å². The molecule has 1 heterocycles. The lowest BCUT2D eigenvalue weighted by atomic mass is 9.86. The monoisotopic (exact) mass is 372 g/mol.